The van der Waals surface area contributed by atoms with Gasteiger partial charge in [0.1, 0.15) is 6.54 Å². The molecule has 6 nitrogen and oxygen atoms in total. The molecule has 0 bridgehead atoms. The zero-order valence-corrected chi connectivity index (χ0v) is 9.80. The number of primary amides is 1. The van der Waals surface area contributed by atoms with Gasteiger partial charge in [0.05, 0.1) is 11.9 Å². The molecule has 1 aliphatic carbocycles. The fourth-order valence-corrected chi connectivity index (χ4v) is 2.41. The number of hydrogen-bond acceptors (Lipinski definition) is 4. The molecule has 0 aliphatic heterocycles. The molecule has 1 amide bonds. The average molecular weight is 237 g/mol. The molecule has 6 heteroatoms. The molecule has 2 atom stereocenters. The van der Waals surface area contributed by atoms with Crippen LogP contribution in [0, 0.1) is 5.92 Å². The molecule has 94 valence electrons. The highest BCUT2D eigenvalue weighted by Gasteiger charge is 2.25. The molecule has 1 aromatic rings. The number of anilines is 1. The minimum absolute atomic E-state index is 0.118. The number of nitrogens with one attached hydrogen (secondary N) is 1. The maximum Gasteiger partial charge on any atom is 0.239 e. The monoisotopic (exact) mass is 237 g/mol. The second-order valence-electron chi connectivity index (χ2n) is 4.57. The van der Waals surface area contributed by atoms with Crippen molar-refractivity contribution in [3.05, 3.63) is 12.4 Å². The van der Waals surface area contributed by atoms with Gasteiger partial charge in [-0.05, 0) is 25.3 Å². The molecule has 1 fully saturated rings. The van der Waals surface area contributed by atoms with Crippen molar-refractivity contribution in [2.45, 2.75) is 31.8 Å². The number of aromatic nitrogens is 2. The summed E-state index contributed by atoms with van der Waals surface area (Å²) < 4.78 is 1.54. The molecule has 0 spiro atoms. The summed E-state index contributed by atoms with van der Waals surface area (Å²) >= 11 is 0. The number of carbonyl (C=O) groups is 1. The zero-order valence-electron chi connectivity index (χ0n) is 9.80. The van der Waals surface area contributed by atoms with Crippen LogP contribution in [0.3, 0.4) is 0 Å². The van der Waals surface area contributed by atoms with E-state index in [0.29, 0.717) is 18.5 Å². The van der Waals surface area contributed by atoms with E-state index < -0.39 is 0 Å². The maximum atomic E-state index is 10.7. The standard InChI is InChI=1S/C11H19N5O/c12-4-8-2-1-3-10(8)15-9-5-14-16(6-9)7-11(13)17/h5-6,8,10,15H,1-4,7,12H2,(H2,13,17). The fraction of sp³-hybridized carbons (Fsp3) is 0.636. The minimum Gasteiger partial charge on any atom is -0.379 e. The molecule has 0 aromatic carbocycles. The summed E-state index contributed by atoms with van der Waals surface area (Å²) in [6, 6.07) is 0.422. The number of nitrogens with two attached hydrogens (primary N) is 2. The van der Waals surface area contributed by atoms with E-state index in [1.54, 1.807) is 12.4 Å². The number of rotatable bonds is 5. The summed E-state index contributed by atoms with van der Waals surface area (Å²) in [5, 5.41) is 7.49. The van der Waals surface area contributed by atoms with Crippen LogP contribution in [0.25, 0.3) is 0 Å². The number of nitrogens with zero attached hydrogens (tertiary/aromatic N) is 2. The van der Waals surface area contributed by atoms with Crippen LogP contribution in [0.2, 0.25) is 0 Å². The first-order chi connectivity index (χ1) is 8.19. The van der Waals surface area contributed by atoms with Crippen molar-refractivity contribution in [2.24, 2.45) is 17.4 Å². The Morgan fingerprint density at radius 3 is 3.12 bits per heavy atom. The lowest BCUT2D eigenvalue weighted by Crippen LogP contribution is -2.29. The lowest BCUT2D eigenvalue weighted by atomic mass is 10.0. The highest BCUT2D eigenvalue weighted by molar-refractivity contribution is 5.73. The Kier molecular flexibility index (Phi) is 3.63. The van der Waals surface area contributed by atoms with Crippen LogP contribution in [-0.2, 0) is 11.3 Å². The molecule has 1 saturated carbocycles. The fourth-order valence-electron chi connectivity index (χ4n) is 2.41. The van der Waals surface area contributed by atoms with Gasteiger partial charge in [-0.15, -0.1) is 0 Å². The SMILES string of the molecule is NCC1CCCC1Nc1cnn(CC(N)=O)c1. The lowest BCUT2D eigenvalue weighted by Gasteiger charge is -2.19. The largest absolute Gasteiger partial charge is 0.379 e. The van der Waals surface area contributed by atoms with Crippen LogP contribution in [-0.4, -0.2) is 28.3 Å². The predicted molar refractivity (Wildman–Crippen MR) is 65.2 cm³/mol. The third-order valence-corrected chi connectivity index (χ3v) is 3.26. The Balaban J connectivity index is 1.94. The van der Waals surface area contributed by atoms with E-state index in [-0.39, 0.29) is 12.5 Å². The van der Waals surface area contributed by atoms with Gasteiger partial charge in [-0.25, -0.2) is 0 Å². The van der Waals surface area contributed by atoms with E-state index in [2.05, 4.69) is 10.4 Å². The maximum absolute atomic E-state index is 10.7. The van der Waals surface area contributed by atoms with Crippen LogP contribution in [0.15, 0.2) is 12.4 Å². The highest BCUT2D eigenvalue weighted by atomic mass is 16.1. The Hall–Kier alpha value is -1.56. The summed E-state index contributed by atoms with van der Waals surface area (Å²) in [6.45, 7) is 0.833. The molecular formula is C11H19N5O. The van der Waals surface area contributed by atoms with Gasteiger partial charge in [0.2, 0.25) is 5.91 Å². The highest BCUT2D eigenvalue weighted by Crippen LogP contribution is 2.27. The van der Waals surface area contributed by atoms with Crippen LogP contribution in [0.4, 0.5) is 5.69 Å². The predicted octanol–water partition coefficient (Wildman–Crippen LogP) is -0.0923. The van der Waals surface area contributed by atoms with Gasteiger partial charge in [0, 0.05) is 12.2 Å². The number of carbonyl (C=O) groups excluding carboxylic acids is 1. The molecule has 1 aliphatic rings. The van der Waals surface area contributed by atoms with Crippen LogP contribution < -0.4 is 16.8 Å². The van der Waals surface area contributed by atoms with Crippen molar-refractivity contribution in [1.29, 1.82) is 0 Å². The normalized spacial score (nSPS) is 23.8. The van der Waals surface area contributed by atoms with Gasteiger partial charge in [-0.1, -0.05) is 6.42 Å². The summed E-state index contributed by atoms with van der Waals surface area (Å²) in [4.78, 5) is 10.7. The first kappa shape index (κ1) is 11.9. The summed E-state index contributed by atoms with van der Waals surface area (Å²) in [7, 11) is 0. The lowest BCUT2D eigenvalue weighted by molar-refractivity contribution is -0.118. The summed E-state index contributed by atoms with van der Waals surface area (Å²) in [5.41, 5.74) is 11.8. The van der Waals surface area contributed by atoms with Gasteiger partial charge in [-0.2, -0.15) is 5.10 Å². The van der Waals surface area contributed by atoms with Gasteiger partial charge in [-0.3, -0.25) is 9.48 Å². The molecule has 2 rings (SSSR count). The number of hydrogen-bond donors (Lipinski definition) is 3. The Morgan fingerprint density at radius 2 is 2.41 bits per heavy atom. The van der Waals surface area contributed by atoms with Gasteiger partial charge in [0.15, 0.2) is 0 Å². The Labute approximate surface area is 100 Å². The van der Waals surface area contributed by atoms with Gasteiger partial charge >= 0.3 is 0 Å². The smallest absolute Gasteiger partial charge is 0.239 e. The Morgan fingerprint density at radius 1 is 1.59 bits per heavy atom. The van der Waals surface area contributed by atoms with Crippen LogP contribution in [0.5, 0.6) is 0 Å². The zero-order chi connectivity index (χ0) is 12.3. The van der Waals surface area contributed by atoms with E-state index >= 15 is 0 Å². The Bertz CT molecular complexity index is 389. The second-order valence-corrected chi connectivity index (χ2v) is 4.57. The van der Waals surface area contributed by atoms with Crippen molar-refractivity contribution in [1.82, 2.24) is 9.78 Å². The summed E-state index contributed by atoms with van der Waals surface area (Å²) in [5.74, 6) is 0.148. The average Bonchev–Trinajstić information content (AvgIpc) is 2.87. The molecule has 17 heavy (non-hydrogen) atoms. The minimum atomic E-state index is -0.389. The van der Waals surface area contributed by atoms with Crippen molar-refractivity contribution in [2.75, 3.05) is 11.9 Å². The van der Waals surface area contributed by atoms with Crippen molar-refractivity contribution in [3.8, 4) is 0 Å². The first-order valence-electron chi connectivity index (χ1n) is 5.96. The first-order valence-corrected chi connectivity index (χ1v) is 5.96. The molecule has 0 radical (unpaired) electrons. The van der Waals surface area contributed by atoms with Crippen LogP contribution >= 0.6 is 0 Å². The molecule has 2 unspecified atom stereocenters. The third-order valence-electron chi connectivity index (χ3n) is 3.26. The third kappa shape index (κ3) is 2.97. The van der Waals surface area contributed by atoms with Crippen LogP contribution in [0.1, 0.15) is 19.3 Å². The van der Waals surface area contributed by atoms with E-state index in [0.717, 1.165) is 12.1 Å². The molecule has 5 N–H and O–H groups in total. The topological polar surface area (TPSA) is 99.0 Å². The quantitative estimate of drug-likeness (QED) is 0.666. The summed E-state index contributed by atoms with van der Waals surface area (Å²) in [6.07, 6.45) is 7.06. The van der Waals surface area contributed by atoms with Crippen molar-refractivity contribution < 1.29 is 4.79 Å². The van der Waals surface area contributed by atoms with Gasteiger partial charge < -0.3 is 16.8 Å². The van der Waals surface area contributed by atoms with E-state index in [1.807, 2.05) is 0 Å². The van der Waals surface area contributed by atoms with Crippen molar-refractivity contribution in [3.63, 3.8) is 0 Å². The van der Waals surface area contributed by atoms with E-state index in [9.17, 15) is 4.79 Å². The van der Waals surface area contributed by atoms with E-state index in [1.165, 1.54) is 17.5 Å². The molecule has 0 saturated heterocycles. The molecule has 1 aromatic heterocycles. The second kappa shape index (κ2) is 5.18. The number of amides is 1. The van der Waals surface area contributed by atoms with E-state index in [4.69, 9.17) is 11.5 Å². The molecular weight excluding hydrogens is 218 g/mol. The van der Waals surface area contributed by atoms with Gasteiger partial charge in [0.25, 0.3) is 0 Å². The van der Waals surface area contributed by atoms with Crippen molar-refractivity contribution >= 4 is 11.6 Å². The molecule has 1 heterocycles.